The number of anilines is 2. The molecule has 2 atom stereocenters. The molecule has 9 heteroatoms. The number of halogens is 3. The zero-order chi connectivity index (χ0) is 26.0. The van der Waals surface area contributed by atoms with Crippen molar-refractivity contribution < 1.29 is 27.8 Å². The lowest BCUT2D eigenvalue weighted by atomic mass is 9.94. The van der Waals surface area contributed by atoms with Gasteiger partial charge in [0.25, 0.3) is 0 Å². The van der Waals surface area contributed by atoms with Crippen LogP contribution in [0.5, 0.6) is 5.75 Å². The lowest BCUT2D eigenvalue weighted by molar-refractivity contribution is -0.137. The van der Waals surface area contributed by atoms with Crippen LogP contribution in [-0.4, -0.2) is 48.2 Å². The second kappa shape index (κ2) is 10.4. The molecule has 2 aromatic carbocycles. The second-order valence-electron chi connectivity index (χ2n) is 9.83. The standard InChI is InChI=1S/C27H32F3N3O3/c1-17(2)19-5-4-6-21(15-19)32-13-11-23(12-14-32)36-22-9-7-20(8-10-22)33-24(16-25(34)35)18(3)26(31-33)27(28,29)30/h4-10,15,17-18,23-24H,11-14,16H2,1-3H3,(H,34,35)/t18-,24-/m0/s1. The molecule has 4 rings (SSSR count). The summed E-state index contributed by atoms with van der Waals surface area (Å²) in [7, 11) is 0. The fraction of sp³-hybridized carbons (Fsp3) is 0.481. The monoisotopic (exact) mass is 503 g/mol. The first-order valence-corrected chi connectivity index (χ1v) is 12.3. The van der Waals surface area contributed by atoms with E-state index in [4.69, 9.17) is 4.74 Å². The topological polar surface area (TPSA) is 65.4 Å². The summed E-state index contributed by atoms with van der Waals surface area (Å²) in [6, 6.07) is 14.4. The van der Waals surface area contributed by atoms with Gasteiger partial charge in [0.05, 0.1) is 18.2 Å². The normalized spacial score (nSPS) is 21.1. The molecule has 1 N–H and O–H groups in total. The highest BCUT2D eigenvalue weighted by molar-refractivity contribution is 5.95. The third-order valence-electron chi connectivity index (χ3n) is 6.96. The van der Waals surface area contributed by atoms with Crippen LogP contribution in [0, 0.1) is 5.92 Å². The van der Waals surface area contributed by atoms with Gasteiger partial charge < -0.3 is 14.7 Å². The van der Waals surface area contributed by atoms with Crippen LogP contribution in [0.15, 0.2) is 53.6 Å². The summed E-state index contributed by atoms with van der Waals surface area (Å²) >= 11 is 0. The molecule has 0 bridgehead atoms. The number of rotatable bonds is 7. The van der Waals surface area contributed by atoms with Crippen molar-refractivity contribution in [2.45, 2.75) is 64.3 Å². The van der Waals surface area contributed by atoms with Crippen molar-refractivity contribution in [2.75, 3.05) is 23.0 Å². The zero-order valence-corrected chi connectivity index (χ0v) is 20.7. The van der Waals surface area contributed by atoms with Gasteiger partial charge in [-0.05, 0) is 47.9 Å². The molecular formula is C27H32F3N3O3. The van der Waals surface area contributed by atoms with E-state index in [0.717, 1.165) is 25.9 Å². The van der Waals surface area contributed by atoms with Gasteiger partial charge in [-0.25, -0.2) is 0 Å². The largest absolute Gasteiger partial charge is 0.490 e. The average molecular weight is 504 g/mol. The maximum absolute atomic E-state index is 13.4. The molecule has 2 heterocycles. The first-order chi connectivity index (χ1) is 17.0. The van der Waals surface area contributed by atoms with Crippen LogP contribution in [0.2, 0.25) is 0 Å². The SMILES string of the molecule is CC(C)c1cccc(N2CCC(Oc3ccc(N4N=C(C(F)(F)F)[C@@H](C)[C@@H]4CC(=O)O)cc3)CC2)c1. The number of benzene rings is 2. The van der Waals surface area contributed by atoms with Gasteiger partial charge in [0.15, 0.2) is 0 Å². The van der Waals surface area contributed by atoms with Crippen LogP contribution in [0.3, 0.4) is 0 Å². The first-order valence-electron chi connectivity index (χ1n) is 12.3. The van der Waals surface area contributed by atoms with Crippen molar-refractivity contribution in [3.8, 4) is 5.75 Å². The Morgan fingerprint density at radius 1 is 1.11 bits per heavy atom. The highest BCUT2D eigenvalue weighted by Crippen LogP contribution is 2.37. The van der Waals surface area contributed by atoms with Gasteiger partial charge in [0.2, 0.25) is 0 Å². The van der Waals surface area contributed by atoms with E-state index in [0.29, 0.717) is 17.4 Å². The molecular weight excluding hydrogens is 471 g/mol. The number of hydrazone groups is 1. The van der Waals surface area contributed by atoms with Gasteiger partial charge in [-0.1, -0.05) is 32.9 Å². The molecule has 0 radical (unpaired) electrons. The number of hydrogen-bond acceptors (Lipinski definition) is 5. The Morgan fingerprint density at radius 2 is 1.78 bits per heavy atom. The fourth-order valence-corrected chi connectivity index (χ4v) is 4.86. The summed E-state index contributed by atoms with van der Waals surface area (Å²) in [4.78, 5) is 13.7. The summed E-state index contributed by atoms with van der Waals surface area (Å²) in [5.41, 5.74) is 1.98. The number of aliphatic carboxylic acids is 1. The quantitative estimate of drug-likeness (QED) is 0.497. The van der Waals surface area contributed by atoms with Crippen LogP contribution in [-0.2, 0) is 4.79 Å². The molecule has 0 amide bonds. The van der Waals surface area contributed by atoms with Crippen LogP contribution < -0.4 is 14.6 Å². The third kappa shape index (κ3) is 5.77. The van der Waals surface area contributed by atoms with Crippen molar-refractivity contribution >= 4 is 23.1 Å². The Morgan fingerprint density at radius 3 is 2.36 bits per heavy atom. The van der Waals surface area contributed by atoms with Crippen molar-refractivity contribution in [2.24, 2.45) is 11.0 Å². The van der Waals surface area contributed by atoms with E-state index >= 15 is 0 Å². The van der Waals surface area contributed by atoms with Gasteiger partial charge in [-0.3, -0.25) is 9.80 Å². The Balaban J connectivity index is 1.39. The van der Waals surface area contributed by atoms with Crippen LogP contribution in [0.1, 0.15) is 51.5 Å². The predicted octanol–water partition coefficient (Wildman–Crippen LogP) is 6.08. The molecule has 0 spiro atoms. The highest BCUT2D eigenvalue weighted by atomic mass is 19.4. The predicted molar refractivity (Wildman–Crippen MR) is 134 cm³/mol. The molecule has 0 unspecified atom stereocenters. The minimum absolute atomic E-state index is 0.0433. The Labute approximate surface area is 209 Å². The number of alkyl halides is 3. The molecule has 1 fully saturated rings. The minimum atomic E-state index is -4.61. The minimum Gasteiger partial charge on any atom is -0.490 e. The summed E-state index contributed by atoms with van der Waals surface area (Å²) in [6.45, 7) is 7.48. The van der Waals surface area contributed by atoms with E-state index in [1.54, 1.807) is 24.3 Å². The lowest BCUT2D eigenvalue weighted by Crippen LogP contribution is -2.38. The second-order valence-corrected chi connectivity index (χ2v) is 9.83. The zero-order valence-electron chi connectivity index (χ0n) is 20.7. The Kier molecular flexibility index (Phi) is 7.47. The van der Waals surface area contributed by atoms with E-state index in [-0.39, 0.29) is 6.10 Å². The van der Waals surface area contributed by atoms with E-state index in [2.05, 4.69) is 48.1 Å². The van der Waals surface area contributed by atoms with Crippen molar-refractivity contribution in [3.63, 3.8) is 0 Å². The molecule has 2 aliphatic rings. The van der Waals surface area contributed by atoms with Crippen molar-refractivity contribution in [1.82, 2.24) is 0 Å². The van der Waals surface area contributed by atoms with Gasteiger partial charge in [0, 0.05) is 37.5 Å². The molecule has 2 aromatic rings. The summed E-state index contributed by atoms with van der Waals surface area (Å²) in [5.74, 6) is -1.12. The van der Waals surface area contributed by atoms with Crippen LogP contribution in [0.4, 0.5) is 24.5 Å². The van der Waals surface area contributed by atoms with Crippen molar-refractivity contribution in [3.05, 3.63) is 54.1 Å². The van der Waals surface area contributed by atoms with Gasteiger partial charge in [-0.2, -0.15) is 18.3 Å². The number of carboxylic acids is 1. The molecule has 0 aliphatic carbocycles. The molecule has 6 nitrogen and oxygen atoms in total. The average Bonchev–Trinajstić information content (AvgIpc) is 3.16. The molecule has 36 heavy (non-hydrogen) atoms. The number of ether oxygens (including phenoxy) is 1. The number of piperidine rings is 1. The molecule has 0 aromatic heterocycles. The number of carbonyl (C=O) groups is 1. The highest BCUT2D eigenvalue weighted by Gasteiger charge is 2.48. The lowest BCUT2D eigenvalue weighted by Gasteiger charge is -2.34. The first kappa shape index (κ1) is 25.9. The Bertz CT molecular complexity index is 1090. The van der Waals surface area contributed by atoms with E-state index in [1.807, 2.05) is 0 Å². The maximum atomic E-state index is 13.4. The van der Waals surface area contributed by atoms with Gasteiger partial charge in [-0.15, -0.1) is 0 Å². The van der Waals surface area contributed by atoms with E-state index in [9.17, 15) is 23.1 Å². The van der Waals surface area contributed by atoms with Crippen molar-refractivity contribution in [1.29, 1.82) is 0 Å². The molecule has 194 valence electrons. The maximum Gasteiger partial charge on any atom is 0.431 e. The van der Waals surface area contributed by atoms with Crippen LogP contribution >= 0.6 is 0 Å². The molecule has 2 aliphatic heterocycles. The van der Waals surface area contributed by atoms with Crippen LogP contribution in [0.25, 0.3) is 0 Å². The van der Waals surface area contributed by atoms with Gasteiger partial charge >= 0.3 is 12.1 Å². The number of carboxylic acid groups (broad SMARTS) is 1. The van der Waals surface area contributed by atoms with E-state index in [1.165, 1.54) is 23.2 Å². The summed E-state index contributed by atoms with van der Waals surface area (Å²) in [5, 5.41) is 14.2. The smallest absolute Gasteiger partial charge is 0.431 e. The third-order valence-corrected chi connectivity index (χ3v) is 6.96. The molecule has 1 saturated heterocycles. The fourth-order valence-electron chi connectivity index (χ4n) is 4.86. The molecule has 0 saturated carbocycles. The Hall–Kier alpha value is -3.23. The van der Waals surface area contributed by atoms with Gasteiger partial charge in [0.1, 0.15) is 17.6 Å². The number of hydrogen-bond donors (Lipinski definition) is 1. The summed E-state index contributed by atoms with van der Waals surface area (Å²) < 4.78 is 46.3. The number of nitrogens with zero attached hydrogens (tertiary/aromatic N) is 3. The summed E-state index contributed by atoms with van der Waals surface area (Å²) in [6.07, 6.45) is -3.30. The van der Waals surface area contributed by atoms with E-state index < -0.39 is 36.2 Å².